The van der Waals surface area contributed by atoms with Gasteiger partial charge in [-0.25, -0.2) is 4.79 Å². The zero-order valence-corrected chi connectivity index (χ0v) is 11.4. The fourth-order valence-corrected chi connectivity index (χ4v) is 1.80. The van der Waals surface area contributed by atoms with E-state index < -0.39 is 17.1 Å². The van der Waals surface area contributed by atoms with Gasteiger partial charge in [-0.2, -0.15) is 0 Å². The van der Waals surface area contributed by atoms with E-state index in [0.29, 0.717) is 17.7 Å². The Labute approximate surface area is 115 Å². The largest absolute Gasteiger partial charge is 0.496 e. The second kappa shape index (κ2) is 6.60. The van der Waals surface area contributed by atoms with E-state index in [1.807, 2.05) is 0 Å². The number of hydrogen-bond donors (Lipinski definition) is 1. The summed E-state index contributed by atoms with van der Waals surface area (Å²) in [5.74, 6) is 0.425. The Hall–Kier alpha value is -2.51. The molecule has 1 aromatic rings. The minimum Gasteiger partial charge on any atom is -0.496 e. The number of nitrogens with two attached hydrogens (primary N) is 1. The van der Waals surface area contributed by atoms with E-state index in [4.69, 9.17) is 19.9 Å². The Bertz CT molecular complexity index is 517. The number of carbonyl (C=O) groups excluding carboxylic acids is 1. The Morgan fingerprint density at radius 2 is 1.95 bits per heavy atom. The number of carbonyl (C=O) groups is 1. The van der Waals surface area contributed by atoms with Gasteiger partial charge in [-0.3, -0.25) is 10.1 Å². The van der Waals surface area contributed by atoms with Crippen molar-refractivity contribution in [1.29, 1.82) is 0 Å². The van der Waals surface area contributed by atoms with E-state index in [1.54, 1.807) is 6.92 Å². The molecular formula is C12H16N2O6. The zero-order valence-electron chi connectivity index (χ0n) is 11.4. The molecule has 0 bridgehead atoms. The van der Waals surface area contributed by atoms with Gasteiger partial charge in [-0.1, -0.05) is 0 Å². The molecule has 0 aliphatic heterocycles. The summed E-state index contributed by atoms with van der Waals surface area (Å²) in [6.07, 6.45) is -1.08. The highest BCUT2D eigenvalue weighted by Crippen LogP contribution is 2.35. The van der Waals surface area contributed by atoms with E-state index >= 15 is 0 Å². The summed E-state index contributed by atoms with van der Waals surface area (Å²) in [7, 11) is 2.73. The lowest BCUT2D eigenvalue weighted by atomic mass is 10.1. The molecule has 0 fully saturated rings. The summed E-state index contributed by atoms with van der Waals surface area (Å²) in [5, 5.41) is 10.9. The molecule has 0 heterocycles. The zero-order chi connectivity index (χ0) is 15.3. The molecule has 0 saturated carbocycles. The fourth-order valence-electron chi connectivity index (χ4n) is 1.80. The van der Waals surface area contributed by atoms with Crippen LogP contribution in [0.2, 0.25) is 0 Å². The number of ether oxygens (including phenoxy) is 3. The lowest BCUT2D eigenvalue weighted by molar-refractivity contribution is -0.385. The molecule has 1 aromatic carbocycles. The normalized spacial score (nSPS) is 11.6. The van der Waals surface area contributed by atoms with Crippen molar-refractivity contribution in [2.24, 2.45) is 5.73 Å². The summed E-state index contributed by atoms with van der Waals surface area (Å²) in [5.41, 5.74) is 5.35. The standard InChI is InChI=1S/C12H16N2O6/c1-7(20-12(13)15)4-8-5-11(19-3)9(14(16)17)6-10(8)18-2/h5-7H,4H2,1-3H3,(H2,13,15). The fraction of sp³-hybridized carbons (Fsp3) is 0.417. The second-order valence-corrected chi connectivity index (χ2v) is 4.04. The van der Waals surface area contributed by atoms with Gasteiger partial charge in [0.2, 0.25) is 0 Å². The van der Waals surface area contributed by atoms with Crippen LogP contribution in [0.1, 0.15) is 12.5 Å². The molecule has 20 heavy (non-hydrogen) atoms. The van der Waals surface area contributed by atoms with E-state index in [-0.39, 0.29) is 11.4 Å². The topological polar surface area (TPSA) is 114 Å². The van der Waals surface area contributed by atoms with Crippen LogP contribution >= 0.6 is 0 Å². The molecule has 0 aromatic heterocycles. The summed E-state index contributed by atoms with van der Waals surface area (Å²) in [6, 6.07) is 2.75. The number of methoxy groups -OCH3 is 2. The van der Waals surface area contributed by atoms with Gasteiger partial charge in [-0.15, -0.1) is 0 Å². The molecule has 1 amide bonds. The molecular weight excluding hydrogens is 268 g/mol. The summed E-state index contributed by atoms with van der Waals surface area (Å²) in [4.78, 5) is 21.0. The van der Waals surface area contributed by atoms with Gasteiger partial charge >= 0.3 is 11.8 Å². The highest BCUT2D eigenvalue weighted by atomic mass is 16.6. The molecule has 8 heteroatoms. The third-order valence-electron chi connectivity index (χ3n) is 2.60. The number of hydrogen-bond acceptors (Lipinski definition) is 6. The quantitative estimate of drug-likeness (QED) is 0.627. The van der Waals surface area contributed by atoms with Crippen molar-refractivity contribution < 1.29 is 23.9 Å². The predicted molar refractivity (Wildman–Crippen MR) is 70.0 cm³/mol. The van der Waals surface area contributed by atoms with Crippen molar-refractivity contribution in [2.75, 3.05) is 14.2 Å². The molecule has 2 N–H and O–H groups in total. The van der Waals surface area contributed by atoms with Crippen LogP contribution in [0.5, 0.6) is 11.5 Å². The van der Waals surface area contributed by atoms with E-state index in [0.717, 1.165) is 0 Å². The average Bonchev–Trinajstić information content (AvgIpc) is 2.36. The summed E-state index contributed by atoms with van der Waals surface area (Å²) in [6.45, 7) is 1.65. The molecule has 0 saturated heterocycles. The van der Waals surface area contributed by atoms with Crippen LogP contribution in [0.25, 0.3) is 0 Å². The van der Waals surface area contributed by atoms with Crippen LogP contribution in [-0.4, -0.2) is 31.3 Å². The number of nitro benzene ring substituents is 1. The van der Waals surface area contributed by atoms with E-state index in [9.17, 15) is 14.9 Å². The molecule has 0 spiro atoms. The molecule has 8 nitrogen and oxygen atoms in total. The molecule has 1 unspecified atom stereocenters. The predicted octanol–water partition coefficient (Wildman–Crippen LogP) is 1.64. The van der Waals surface area contributed by atoms with Gasteiger partial charge in [0.25, 0.3) is 0 Å². The minimum atomic E-state index is -0.884. The number of primary amides is 1. The number of nitro groups is 1. The highest BCUT2D eigenvalue weighted by molar-refractivity contribution is 5.64. The highest BCUT2D eigenvalue weighted by Gasteiger charge is 2.21. The monoisotopic (exact) mass is 284 g/mol. The van der Waals surface area contributed by atoms with Crippen LogP contribution in [0, 0.1) is 10.1 Å². The maximum atomic E-state index is 10.9. The van der Waals surface area contributed by atoms with Gasteiger partial charge in [0.05, 0.1) is 25.2 Å². The van der Waals surface area contributed by atoms with Crippen molar-refractivity contribution in [3.63, 3.8) is 0 Å². The van der Waals surface area contributed by atoms with Crippen molar-refractivity contribution in [3.8, 4) is 11.5 Å². The first-order valence-corrected chi connectivity index (χ1v) is 5.74. The van der Waals surface area contributed by atoms with Crippen LogP contribution in [0.4, 0.5) is 10.5 Å². The first kappa shape index (κ1) is 15.5. The number of benzene rings is 1. The van der Waals surface area contributed by atoms with Gasteiger partial charge in [0, 0.05) is 12.0 Å². The second-order valence-electron chi connectivity index (χ2n) is 4.04. The van der Waals surface area contributed by atoms with Crippen LogP contribution in [0.3, 0.4) is 0 Å². The Morgan fingerprint density at radius 3 is 2.40 bits per heavy atom. The maximum absolute atomic E-state index is 10.9. The number of amides is 1. The first-order valence-electron chi connectivity index (χ1n) is 5.74. The van der Waals surface area contributed by atoms with Crippen LogP contribution in [0.15, 0.2) is 12.1 Å². The van der Waals surface area contributed by atoms with Gasteiger partial charge in [0.1, 0.15) is 11.9 Å². The summed E-state index contributed by atoms with van der Waals surface area (Å²) < 4.78 is 14.9. The molecule has 0 aliphatic rings. The minimum absolute atomic E-state index is 0.108. The van der Waals surface area contributed by atoms with Crippen LogP contribution < -0.4 is 15.2 Å². The Kier molecular flexibility index (Phi) is 5.13. The first-order chi connectivity index (χ1) is 9.38. The van der Waals surface area contributed by atoms with E-state index in [2.05, 4.69) is 0 Å². The number of nitrogens with zero attached hydrogens (tertiary/aromatic N) is 1. The Balaban J connectivity index is 3.12. The third-order valence-corrected chi connectivity index (χ3v) is 2.60. The number of rotatable bonds is 6. The molecule has 0 radical (unpaired) electrons. The van der Waals surface area contributed by atoms with Crippen molar-refractivity contribution in [3.05, 3.63) is 27.8 Å². The van der Waals surface area contributed by atoms with Crippen LogP contribution in [-0.2, 0) is 11.2 Å². The Morgan fingerprint density at radius 1 is 1.35 bits per heavy atom. The molecule has 110 valence electrons. The maximum Gasteiger partial charge on any atom is 0.404 e. The smallest absolute Gasteiger partial charge is 0.404 e. The third kappa shape index (κ3) is 3.74. The molecule has 1 rings (SSSR count). The van der Waals surface area contributed by atoms with Crippen molar-refractivity contribution in [2.45, 2.75) is 19.4 Å². The van der Waals surface area contributed by atoms with E-state index in [1.165, 1.54) is 26.4 Å². The van der Waals surface area contributed by atoms with Gasteiger partial charge < -0.3 is 19.9 Å². The SMILES string of the molecule is COc1cc([N+](=O)[O-])c(OC)cc1CC(C)OC(N)=O. The lowest BCUT2D eigenvalue weighted by Gasteiger charge is -2.15. The average molecular weight is 284 g/mol. The van der Waals surface area contributed by atoms with Gasteiger partial charge in [-0.05, 0) is 13.0 Å². The molecule has 1 atom stereocenters. The van der Waals surface area contributed by atoms with Crippen molar-refractivity contribution in [1.82, 2.24) is 0 Å². The summed E-state index contributed by atoms with van der Waals surface area (Å²) >= 11 is 0. The van der Waals surface area contributed by atoms with Gasteiger partial charge in [0.15, 0.2) is 5.75 Å². The lowest BCUT2D eigenvalue weighted by Crippen LogP contribution is -2.22. The van der Waals surface area contributed by atoms with Crippen molar-refractivity contribution >= 4 is 11.8 Å². The molecule has 0 aliphatic carbocycles.